The Hall–Kier alpha value is -2.19. The molecule has 0 radical (unpaired) electrons. The molecule has 25 heavy (non-hydrogen) atoms. The number of carbonyl (C=O) groups is 1. The Balaban J connectivity index is 1.62. The van der Waals surface area contributed by atoms with Crippen LogP contribution in [-0.4, -0.2) is 35.3 Å². The van der Waals surface area contributed by atoms with E-state index in [-0.39, 0.29) is 16.9 Å². The van der Waals surface area contributed by atoms with Crippen molar-refractivity contribution in [3.63, 3.8) is 0 Å². The molecule has 1 aliphatic rings. The first-order valence-electron chi connectivity index (χ1n) is 8.25. The van der Waals surface area contributed by atoms with Crippen LogP contribution in [0.5, 0.6) is 0 Å². The minimum atomic E-state index is -3.65. The number of aliphatic carboxylic acids is 1. The van der Waals surface area contributed by atoms with E-state index in [2.05, 4.69) is 9.82 Å². The first kappa shape index (κ1) is 17.6. The lowest BCUT2D eigenvalue weighted by Crippen LogP contribution is -2.38. The van der Waals surface area contributed by atoms with E-state index >= 15 is 0 Å². The van der Waals surface area contributed by atoms with Gasteiger partial charge in [0.25, 0.3) is 0 Å². The Labute approximate surface area is 146 Å². The second kappa shape index (κ2) is 7.37. The molecule has 1 saturated carbocycles. The molecule has 1 aromatic carbocycles. The highest BCUT2D eigenvalue weighted by molar-refractivity contribution is 7.89. The second-order valence-corrected chi connectivity index (χ2v) is 8.08. The van der Waals surface area contributed by atoms with Gasteiger partial charge in [0, 0.05) is 12.2 Å². The van der Waals surface area contributed by atoms with E-state index in [0.717, 1.165) is 5.56 Å². The molecule has 1 aromatic heterocycles. The number of nitrogens with zero attached hydrogens (tertiary/aromatic N) is 2. The molecule has 1 fully saturated rings. The Bertz CT molecular complexity index is 825. The first-order chi connectivity index (χ1) is 11.9. The molecule has 0 aliphatic heterocycles. The summed E-state index contributed by atoms with van der Waals surface area (Å²) >= 11 is 0. The molecule has 7 nitrogen and oxygen atoms in total. The number of aromatic nitrogens is 2. The number of carboxylic acids is 1. The summed E-state index contributed by atoms with van der Waals surface area (Å²) in [7, 11) is -3.65. The maximum Gasteiger partial charge on any atom is 0.306 e. The second-order valence-electron chi connectivity index (χ2n) is 6.37. The number of hydrogen-bond acceptors (Lipinski definition) is 4. The van der Waals surface area contributed by atoms with Gasteiger partial charge in [-0.25, -0.2) is 13.1 Å². The van der Waals surface area contributed by atoms with Gasteiger partial charge in [-0.15, -0.1) is 0 Å². The highest BCUT2D eigenvalue weighted by Gasteiger charge is 2.29. The third-order valence-corrected chi connectivity index (χ3v) is 5.98. The first-order valence-corrected chi connectivity index (χ1v) is 9.74. The highest BCUT2D eigenvalue weighted by Crippen LogP contribution is 2.25. The minimum Gasteiger partial charge on any atom is -0.481 e. The molecule has 134 valence electrons. The fourth-order valence-corrected chi connectivity index (χ4v) is 4.34. The molecule has 0 amide bonds. The van der Waals surface area contributed by atoms with Crippen molar-refractivity contribution < 1.29 is 18.3 Å². The summed E-state index contributed by atoms with van der Waals surface area (Å²) in [6.07, 6.45) is 4.92. The molecule has 1 heterocycles. The van der Waals surface area contributed by atoms with Crippen LogP contribution in [-0.2, 0) is 21.4 Å². The number of rotatable bonds is 6. The van der Waals surface area contributed by atoms with Gasteiger partial charge in [-0.05, 0) is 31.2 Å². The van der Waals surface area contributed by atoms with Crippen molar-refractivity contribution in [2.24, 2.45) is 5.92 Å². The van der Waals surface area contributed by atoms with Gasteiger partial charge in [-0.2, -0.15) is 5.10 Å². The molecule has 3 rings (SSSR count). The van der Waals surface area contributed by atoms with Crippen molar-refractivity contribution in [3.05, 3.63) is 48.3 Å². The molecular weight excluding hydrogens is 342 g/mol. The van der Waals surface area contributed by atoms with Crippen molar-refractivity contribution >= 4 is 16.0 Å². The largest absolute Gasteiger partial charge is 0.481 e. The van der Waals surface area contributed by atoms with Crippen molar-refractivity contribution in [1.29, 1.82) is 0 Å². The van der Waals surface area contributed by atoms with Crippen molar-refractivity contribution in [1.82, 2.24) is 14.5 Å². The van der Waals surface area contributed by atoms with E-state index in [1.54, 1.807) is 4.68 Å². The van der Waals surface area contributed by atoms with Crippen LogP contribution in [0.1, 0.15) is 31.2 Å². The average Bonchev–Trinajstić information content (AvgIpc) is 3.05. The molecule has 0 spiro atoms. The van der Waals surface area contributed by atoms with Gasteiger partial charge in [0.15, 0.2) is 0 Å². The standard InChI is InChI=1S/C17H21N3O4S/c21-17(22)14-6-8-15(9-7-14)19-25(23,24)16-10-18-20(12-16)11-13-4-2-1-3-5-13/h1-5,10,12,14-15,19H,6-9,11H2,(H,21,22). The molecule has 0 saturated heterocycles. The van der Waals surface area contributed by atoms with E-state index in [9.17, 15) is 13.2 Å². The van der Waals surface area contributed by atoms with E-state index in [1.807, 2.05) is 30.3 Å². The topological polar surface area (TPSA) is 101 Å². The Morgan fingerprint density at radius 3 is 2.52 bits per heavy atom. The SMILES string of the molecule is O=C(O)C1CCC(NS(=O)(=O)c2cnn(Cc3ccccc3)c2)CC1. The maximum atomic E-state index is 12.5. The van der Waals surface area contributed by atoms with Crippen LogP contribution < -0.4 is 4.72 Å². The third-order valence-electron chi connectivity index (χ3n) is 4.51. The predicted molar refractivity (Wildman–Crippen MR) is 91.5 cm³/mol. The zero-order chi connectivity index (χ0) is 17.9. The van der Waals surface area contributed by atoms with Gasteiger partial charge in [-0.3, -0.25) is 9.48 Å². The summed E-state index contributed by atoms with van der Waals surface area (Å²) in [5.41, 5.74) is 1.04. The number of sulfonamides is 1. The summed E-state index contributed by atoms with van der Waals surface area (Å²) < 4.78 is 29.3. The van der Waals surface area contributed by atoms with Crippen LogP contribution in [0.2, 0.25) is 0 Å². The number of carboxylic acid groups (broad SMARTS) is 1. The monoisotopic (exact) mass is 363 g/mol. The molecular formula is C17H21N3O4S. The minimum absolute atomic E-state index is 0.129. The van der Waals surface area contributed by atoms with Gasteiger partial charge in [0.05, 0.1) is 18.7 Å². The average molecular weight is 363 g/mol. The number of hydrogen-bond donors (Lipinski definition) is 2. The summed E-state index contributed by atoms with van der Waals surface area (Å²) in [5.74, 6) is -1.17. The van der Waals surface area contributed by atoms with Crippen LogP contribution in [0, 0.1) is 5.92 Å². The Morgan fingerprint density at radius 1 is 1.20 bits per heavy atom. The Morgan fingerprint density at radius 2 is 1.88 bits per heavy atom. The molecule has 2 aromatic rings. The zero-order valence-corrected chi connectivity index (χ0v) is 14.5. The smallest absolute Gasteiger partial charge is 0.306 e. The van der Waals surface area contributed by atoms with Gasteiger partial charge >= 0.3 is 5.97 Å². The normalized spacial score (nSPS) is 21.1. The summed E-state index contributed by atoms with van der Waals surface area (Å²) in [4.78, 5) is 11.1. The third kappa shape index (κ3) is 4.46. The quantitative estimate of drug-likeness (QED) is 0.816. The summed E-state index contributed by atoms with van der Waals surface area (Å²) in [6.45, 7) is 0.500. The van der Waals surface area contributed by atoms with Crippen LogP contribution >= 0.6 is 0 Å². The van der Waals surface area contributed by atoms with Gasteiger partial charge in [0.2, 0.25) is 10.0 Å². The summed E-state index contributed by atoms with van der Waals surface area (Å²) in [6, 6.07) is 9.45. The van der Waals surface area contributed by atoms with Gasteiger partial charge in [0.1, 0.15) is 4.90 Å². The molecule has 0 atom stereocenters. The van der Waals surface area contributed by atoms with Crippen LogP contribution in [0.3, 0.4) is 0 Å². The predicted octanol–water partition coefficient (Wildman–Crippen LogP) is 1.85. The van der Waals surface area contributed by atoms with Crippen LogP contribution in [0.15, 0.2) is 47.6 Å². The maximum absolute atomic E-state index is 12.5. The fourth-order valence-electron chi connectivity index (χ4n) is 3.09. The number of benzene rings is 1. The van der Waals surface area contributed by atoms with E-state index in [4.69, 9.17) is 5.11 Å². The van der Waals surface area contributed by atoms with Crippen molar-refractivity contribution in [3.8, 4) is 0 Å². The van der Waals surface area contributed by atoms with E-state index in [1.165, 1.54) is 12.4 Å². The van der Waals surface area contributed by atoms with Gasteiger partial charge in [-0.1, -0.05) is 30.3 Å². The number of nitrogens with one attached hydrogen (secondary N) is 1. The lowest BCUT2D eigenvalue weighted by molar-refractivity contribution is -0.142. The van der Waals surface area contributed by atoms with E-state index < -0.39 is 16.0 Å². The molecule has 1 aliphatic carbocycles. The van der Waals surface area contributed by atoms with Crippen molar-refractivity contribution in [2.75, 3.05) is 0 Å². The van der Waals surface area contributed by atoms with Gasteiger partial charge < -0.3 is 5.11 Å². The van der Waals surface area contributed by atoms with Crippen LogP contribution in [0.4, 0.5) is 0 Å². The highest BCUT2D eigenvalue weighted by atomic mass is 32.2. The Kier molecular flexibility index (Phi) is 5.19. The lowest BCUT2D eigenvalue weighted by atomic mass is 9.87. The molecule has 0 unspecified atom stereocenters. The molecule has 0 bridgehead atoms. The zero-order valence-electron chi connectivity index (χ0n) is 13.7. The van der Waals surface area contributed by atoms with Crippen LogP contribution in [0.25, 0.3) is 0 Å². The summed E-state index contributed by atoms with van der Waals surface area (Å²) in [5, 5.41) is 13.1. The lowest BCUT2D eigenvalue weighted by Gasteiger charge is -2.26. The van der Waals surface area contributed by atoms with E-state index in [0.29, 0.717) is 32.2 Å². The molecule has 8 heteroatoms. The molecule has 2 N–H and O–H groups in total. The fraction of sp³-hybridized carbons (Fsp3) is 0.412. The van der Waals surface area contributed by atoms with Crippen molar-refractivity contribution in [2.45, 2.75) is 43.2 Å².